The van der Waals surface area contributed by atoms with Gasteiger partial charge >= 0.3 is 5.97 Å². The molecule has 0 bridgehead atoms. The van der Waals surface area contributed by atoms with Gasteiger partial charge in [-0.1, -0.05) is 44.7 Å². The predicted octanol–water partition coefficient (Wildman–Crippen LogP) is 5.77. The minimum Gasteiger partial charge on any atom is -0.482 e. The summed E-state index contributed by atoms with van der Waals surface area (Å²) in [5, 5.41) is 11.1. The maximum atomic E-state index is 12.3. The van der Waals surface area contributed by atoms with E-state index in [2.05, 4.69) is 13.0 Å². The number of aliphatic hydroxyl groups excluding tert-OH is 1. The lowest BCUT2D eigenvalue weighted by molar-refractivity contribution is -0.191. The second-order valence-corrected chi connectivity index (χ2v) is 12.4. The van der Waals surface area contributed by atoms with Gasteiger partial charge < -0.3 is 28.8 Å². The van der Waals surface area contributed by atoms with E-state index in [9.17, 15) is 9.90 Å². The van der Waals surface area contributed by atoms with Crippen molar-refractivity contribution in [2.45, 2.75) is 121 Å². The largest absolute Gasteiger partial charge is 0.482 e. The monoisotopic (exact) mass is 558 g/mol. The molecule has 5 rings (SSSR count). The molecule has 3 fully saturated rings. The van der Waals surface area contributed by atoms with Gasteiger partial charge in [-0.2, -0.15) is 0 Å². The molecule has 40 heavy (non-hydrogen) atoms. The molecule has 1 N–H and O–H groups in total. The van der Waals surface area contributed by atoms with Crippen molar-refractivity contribution in [3.8, 4) is 5.75 Å². The standard InChI is InChI=1S/C33H50O7/c1-2-3-4-10-25(40-33-14-5-6-16-37-33)11-8-12-27-28-18-23-9-7-13-31(29(23)19-24(28)20-30(27)34)38-22-32(35)39-26-15-17-36-21-26/h7,9,13,24-28,30,33-34H,2-6,8,10-12,14-22H2,1H3/t24-,25-,26?,27+,28-,30+,33?/m0/s1. The maximum absolute atomic E-state index is 12.3. The van der Waals surface area contributed by atoms with Gasteiger partial charge in [-0.25, -0.2) is 4.79 Å². The normalized spacial score (nSPS) is 30.4. The van der Waals surface area contributed by atoms with E-state index in [1.165, 1.54) is 36.8 Å². The minimum absolute atomic E-state index is 0.0355. The summed E-state index contributed by atoms with van der Waals surface area (Å²) in [6, 6.07) is 6.18. The number of carbonyl (C=O) groups excluding carboxylic acids is 1. The van der Waals surface area contributed by atoms with Gasteiger partial charge in [0.25, 0.3) is 0 Å². The predicted molar refractivity (Wildman–Crippen MR) is 152 cm³/mol. The summed E-state index contributed by atoms with van der Waals surface area (Å²) in [6.07, 6.45) is 14.6. The number of benzene rings is 1. The first-order chi connectivity index (χ1) is 19.6. The van der Waals surface area contributed by atoms with E-state index >= 15 is 0 Å². The van der Waals surface area contributed by atoms with E-state index in [-0.39, 0.29) is 37.2 Å². The van der Waals surface area contributed by atoms with E-state index in [1.807, 2.05) is 12.1 Å². The molecule has 0 aromatic heterocycles. The molecule has 2 heterocycles. The van der Waals surface area contributed by atoms with Crippen molar-refractivity contribution < 1.29 is 33.6 Å². The number of hydrogen-bond donors (Lipinski definition) is 1. The van der Waals surface area contributed by atoms with Crippen LogP contribution in [0.4, 0.5) is 0 Å². The van der Waals surface area contributed by atoms with Crippen LogP contribution in [-0.4, -0.2) is 62.1 Å². The summed E-state index contributed by atoms with van der Waals surface area (Å²) in [5.41, 5.74) is 2.50. The number of aliphatic hydroxyl groups is 1. The third-order valence-corrected chi connectivity index (χ3v) is 9.55. The van der Waals surface area contributed by atoms with Crippen molar-refractivity contribution in [3.05, 3.63) is 29.3 Å². The molecule has 2 aliphatic heterocycles. The zero-order valence-corrected chi connectivity index (χ0v) is 24.4. The summed E-state index contributed by atoms with van der Waals surface area (Å²) < 4.78 is 29.0. The van der Waals surface area contributed by atoms with Crippen molar-refractivity contribution in [3.63, 3.8) is 0 Å². The van der Waals surface area contributed by atoms with Gasteiger partial charge in [-0.15, -0.1) is 0 Å². The first-order valence-electron chi connectivity index (χ1n) is 16.1. The lowest BCUT2D eigenvalue weighted by Crippen LogP contribution is -2.29. The van der Waals surface area contributed by atoms with E-state index in [1.54, 1.807) is 0 Å². The summed E-state index contributed by atoms with van der Waals surface area (Å²) in [6.45, 7) is 4.09. The topological polar surface area (TPSA) is 83.5 Å². The van der Waals surface area contributed by atoms with E-state index in [0.717, 1.165) is 76.6 Å². The van der Waals surface area contributed by atoms with Crippen molar-refractivity contribution in [2.75, 3.05) is 26.4 Å². The van der Waals surface area contributed by atoms with Crippen molar-refractivity contribution in [1.82, 2.24) is 0 Å². The summed E-state index contributed by atoms with van der Waals surface area (Å²) in [7, 11) is 0. The quantitative estimate of drug-likeness (QED) is 0.229. The number of hydrogen-bond acceptors (Lipinski definition) is 7. The van der Waals surface area contributed by atoms with Gasteiger partial charge in [-0.3, -0.25) is 0 Å². The summed E-state index contributed by atoms with van der Waals surface area (Å²) in [4.78, 5) is 12.3. The lowest BCUT2D eigenvalue weighted by atomic mass is 9.73. The molecular formula is C33H50O7. The molecule has 0 amide bonds. The molecule has 2 aliphatic carbocycles. The molecule has 7 atom stereocenters. The molecule has 1 saturated carbocycles. The fourth-order valence-corrected chi connectivity index (χ4v) is 7.42. The van der Waals surface area contributed by atoms with Crippen molar-refractivity contribution in [2.24, 2.45) is 17.8 Å². The molecule has 0 spiro atoms. The summed E-state index contributed by atoms with van der Waals surface area (Å²) >= 11 is 0. The Hall–Kier alpha value is -1.67. The molecule has 1 aromatic rings. The highest BCUT2D eigenvalue weighted by atomic mass is 16.7. The number of esters is 1. The highest BCUT2D eigenvalue weighted by molar-refractivity contribution is 5.71. The zero-order valence-electron chi connectivity index (χ0n) is 24.4. The smallest absolute Gasteiger partial charge is 0.344 e. The second-order valence-electron chi connectivity index (χ2n) is 12.4. The Labute approximate surface area is 240 Å². The molecule has 1 aromatic carbocycles. The van der Waals surface area contributed by atoms with E-state index < -0.39 is 0 Å². The molecule has 7 heteroatoms. The van der Waals surface area contributed by atoms with Crippen LogP contribution >= 0.6 is 0 Å². The molecule has 7 nitrogen and oxygen atoms in total. The number of unbranched alkanes of at least 4 members (excludes halogenated alkanes) is 2. The van der Waals surface area contributed by atoms with Crippen molar-refractivity contribution in [1.29, 1.82) is 0 Å². The van der Waals surface area contributed by atoms with Gasteiger partial charge in [0, 0.05) is 13.0 Å². The Balaban J connectivity index is 1.13. The maximum Gasteiger partial charge on any atom is 0.344 e. The van der Waals surface area contributed by atoms with Crippen LogP contribution in [-0.2, 0) is 36.6 Å². The fourth-order valence-electron chi connectivity index (χ4n) is 7.42. The first kappa shape index (κ1) is 29.8. The van der Waals surface area contributed by atoms with Crippen LogP contribution < -0.4 is 4.74 Å². The van der Waals surface area contributed by atoms with Gasteiger partial charge in [0.1, 0.15) is 11.9 Å². The van der Waals surface area contributed by atoms with Crippen LogP contribution in [0, 0.1) is 17.8 Å². The summed E-state index contributed by atoms with van der Waals surface area (Å²) in [5.74, 6) is 1.71. The fraction of sp³-hybridized carbons (Fsp3) is 0.788. The zero-order chi connectivity index (χ0) is 27.7. The van der Waals surface area contributed by atoms with Crippen LogP contribution in [0.15, 0.2) is 18.2 Å². The number of rotatable bonds is 14. The Morgan fingerprint density at radius 2 is 2.00 bits per heavy atom. The molecule has 2 saturated heterocycles. The average Bonchev–Trinajstić information content (AvgIpc) is 3.58. The first-order valence-corrected chi connectivity index (χ1v) is 16.1. The van der Waals surface area contributed by atoms with Gasteiger partial charge in [-0.05, 0) is 92.7 Å². The van der Waals surface area contributed by atoms with Gasteiger partial charge in [0.15, 0.2) is 12.9 Å². The van der Waals surface area contributed by atoms with E-state index in [4.69, 9.17) is 23.7 Å². The van der Waals surface area contributed by atoms with Crippen LogP contribution in [0.5, 0.6) is 5.75 Å². The molecule has 2 unspecified atom stereocenters. The van der Waals surface area contributed by atoms with Crippen LogP contribution in [0.2, 0.25) is 0 Å². The van der Waals surface area contributed by atoms with Gasteiger partial charge in [0.05, 0.1) is 25.4 Å². The molecule has 4 aliphatic rings. The third kappa shape index (κ3) is 7.99. The Morgan fingerprint density at radius 1 is 1.10 bits per heavy atom. The van der Waals surface area contributed by atoms with Crippen LogP contribution in [0.3, 0.4) is 0 Å². The highest BCUT2D eigenvalue weighted by Gasteiger charge is 2.44. The number of fused-ring (bicyclic) bond motifs is 2. The second kappa shape index (κ2) is 15.0. The van der Waals surface area contributed by atoms with Crippen LogP contribution in [0.1, 0.15) is 95.1 Å². The Morgan fingerprint density at radius 3 is 2.80 bits per heavy atom. The third-order valence-electron chi connectivity index (χ3n) is 9.55. The SMILES string of the molecule is CCCCC[C@@H](CCC[C@@H]1[C@H]2Cc3cccc(OCC(=O)OC4CCOC4)c3C[C@H]2C[C@H]1O)OC1CCCCO1. The van der Waals surface area contributed by atoms with E-state index in [0.29, 0.717) is 31.0 Å². The van der Waals surface area contributed by atoms with Gasteiger partial charge in [0.2, 0.25) is 0 Å². The number of carbonyl (C=O) groups is 1. The van der Waals surface area contributed by atoms with Crippen molar-refractivity contribution >= 4 is 5.97 Å². The number of ether oxygens (including phenoxy) is 5. The lowest BCUT2D eigenvalue weighted by Gasteiger charge is -2.33. The molecule has 0 radical (unpaired) electrons. The average molecular weight is 559 g/mol. The minimum atomic E-state index is -0.342. The van der Waals surface area contributed by atoms with Crippen LogP contribution in [0.25, 0.3) is 0 Å². The Kier molecular flexibility index (Phi) is 11.2. The highest BCUT2D eigenvalue weighted by Crippen LogP contribution is 2.48. The molecular weight excluding hydrogens is 508 g/mol. The molecule has 224 valence electrons. The Bertz CT molecular complexity index is 923.